The van der Waals surface area contributed by atoms with Crippen LogP contribution in [0.1, 0.15) is 36.6 Å². The molecule has 1 aliphatic heterocycles. The number of nitrogens with zero attached hydrogens (tertiary/aromatic N) is 2. The van der Waals surface area contributed by atoms with Crippen LogP contribution in [0.5, 0.6) is 5.75 Å². The highest BCUT2D eigenvalue weighted by molar-refractivity contribution is 14.1. The van der Waals surface area contributed by atoms with Crippen LogP contribution in [-0.4, -0.2) is 17.1 Å². The molecule has 1 atom stereocenters. The molecule has 3 aromatic carbocycles. The lowest BCUT2D eigenvalue weighted by Gasteiger charge is -2.25. The standard InChI is InChI=1S/C30H22Cl2I2N2O4S/c1-3-39-29(38)25-16(2)35-30-36(26(25)21-9-4-5-10-22(21)32)28(37)24(41-30)13-18-12-20(33)14-23(34)27(18)40-15-17-7-6-8-19(31)11-17/h4-14,26H,3,15H2,1-2H3/b24-13-/t26-/m1/s1. The number of aromatic nitrogens is 1. The topological polar surface area (TPSA) is 69.9 Å². The first-order chi connectivity index (χ1) is 19.7. The molecular formula is C30H22Cl2I2N2O4S. The van der Waals surface area contributed by atoms with Crippen molar-refractivity contribution in [2.24, 2.45) is 4.99 Å². The Bertz CT molecular complexity index is 1880. The van der Waals surface area contributed by atoms with Crippen LogP contribution in [0.25, 0.3) is 6.08 Å². The van der Waals surface area contributed by atoms with E-state index in [0.717, 1.165) is 18.3 Å². The molecule has 0 radical (unpaired) electrons. The fourth-order valence-electron chi connectivity index (χ4n) is 4.55. The molecule has 5 rings (SSSR count). The fourth-order valence-corrected chi connectivity index (χ4v) is 8.08. The van der Waals surface area contributed by atoms with E-state index in [1.807, 2.05) is 54.6 Å². The average Bonchev–Trinajstić information content (AvgIpc) is 3.22. The Kier molecular flexibility index (Phi) is 9.59. The van der Waals surface area contributed by atoms with Crippen molar-refractivity contribution in [1.29, 1.82) is 0 Å². The van der Waals surface area contributed by atoms with Crippen LogP contribution in [0.4, 0.5) is 0 Å². The Balaban J connectivity index is 1.66. The van der Waals surface area contributed by atoms with E-state index in [2.05, 4.69) is 50.2 Å². The van der Waals surface area contributed by atoms with Crippen LogP contribution in [0.15, 0.2) is 81.7 Å². The Morgan fingerprint density at radius 3 is 2.63 bits per heavy atom. The van der Waals surface area contributed by atoms with Crippen molar-refractivity contribution in [2.45, 2.75) is 26.5 Å². The number of carbonyl (C=O) groups excluding carboxylic acids is 1. The lowest BCUT2D eigenvalue weighted by molar-refractivity contribution is -0.139. The SMILES string of the molecule is CCOC(=O)C1=C(C)N=c2s/c(=C\c3cc(I)cc(I)c3OCc3cccc(Cl)c3)c(=O)n2[C@@H]1c1ccccc1Cl. The molecule has 6 nitrogen and oxygen atoms in total. The normalized spacial score (nSPS) is 15.0. The first-order valence-electron chi connectivity index (χ1n) is 12.5. The van der Waals surface area contributed by atoms with E-state index in [4.69, 9.17) is 32.7 Å². The minimum absolute atomic E-state index is 0.193. The van der Waals surface area contributed by atoms with Gasteiger partial charge in [0, 0.05) is 19.2 Å². The van der Waals surface area contributed by atoms with Crippen molar-refractivity contribution < 1.29 is 14.3 Å². The summed E-state index contributed by atoms with van der Waals surface area (Å²) in [4.78, 5) is 32.3. The van der Waals surface area contributed by atoms with Gasteiger partial charge in [-0.2, -0.15) is 0 Å². The Hall–Kier alpha value is -2.19. The summed E-state index contributed by atoms with van der Waals surface area (Å²) in [7, 11) is 0. The number of rotatable bonds is 7. The maximum Gasteiger partial charge on any atom is 0.338 e. The van der Waals surface area contributed by atoms with E-state index < -0.39 is 12.0 Å². The second-order valence-electron chi connectivity index (χ2n) is 9.05. The van der Waals surface area contributed by atoms with Crippen LogP contribution in [-0.2, 0) is 16.1 Å². The van der Waals surface area contributed by atoms with Gasteiger partial charge in [-0.1, -0.05) is 64.9 Å². The van der Waals surface area contributed by atoms with Gasteiger partial charge in [-0.15, -0.1) is 0 Å². The van der Waals surface area contributed by atoms with Gasteiger partial charge in [-0.25, -0.2) is 9.79 Å². The van der Waals surface area contributed by atoms with Crippen molar-refractivity contribution in [3.8, 4) is 5.75 Å². The van der Waals surface area contributed by atoms with E-state index in [1.54, 1.807) is 26.0 Å². The zero-order chi connectivity index (χ0) is 29.3. The molecule has 2 heterocycles. The molecule has 0 saturated carbocycles. The van der Waals surface area contributed by atoms with Crippen molar-refractivity contribution >= 4 is 91.8 Å². The third-order valence-electron chi connectivity index (χ3n) is 6.31. The monoisotopic (exact) mass is 830 g/mol. The van der Waals surface area contributed by atoms with E-state index >= 15 is 0 Å². The van der Waals surface area contributed by atoms with Crippen molar-refractivity contribution in [3.05, 3.63) is 125 Å². The lowest BCUT2D eigenvalue weighted by atomic mass is 9.96. The first kappa shape index (κ1) is 30.3. The number of esters is 1. The second kappa shape index (κ2) is 13.0. The molecular weight excluding hydrogens is 809 g/mol. The predicted molar refractivity (Wildman–Crippen MR) is 180 cm³/mol. The highest BCUT2D eigenvalue weighted by Crippen LogP contribution is 2.35. The molecule has 0 fully saturated rings. The molecule has 0 aliphatic carbocycles. The molecule has 210 valence electrons. The molecule has 1 aliphatic rings. The number of hydrogen-bond acceptors (Lipinski definition) is 6. The van der Waals surface area contributed by atoms with Crippen molar-refractivity contribution in [2.75, 3.05) is 6.61 Å². The number of hydrogen-bond donors (Lipinski definition) is 0. The van der Waals surface area contributed by atoms with Gasteiger partial charge in [0.2, 0.25) is 0 Å². The quantitative estimate of drug-likeness (QED) is 0.150. The van der Waals surface area contributed by atoms with Gasteiger partial charge in [-0.3, -0.25) is 9.36 Å². The van der Waals surface area contributed by atoms with E-state index in [0.29, 0.717) is 43.0 Å². The van der Waals surface area contributed by atoms with Crippen molar-refractivity contribution in [1.82, 2.24) is 4.57 Å². The van der Waals surface area contributed by atoms with Gasteiger partial charge in [-0.05, 0) is 107 Å². The Morgan fingerprint density at radius 2 is 1.90 bits per heavy atom. The Labute approximate surface area is 277 Å². The van der Waals surface area contributed by atoms with Gasteiger partial charge in [0.25, 0.3) is 5.56 Å². The summed E-state index contributed by atoms with van der Waals surface area (Å²) in [5, 5.41) is 1.07. The summed E-state index contributed by atoms with van der Waals surface area (Å²) in [5.74, 6) is 0.125. The molecule has 0 unspecified atom stereocenters. The summed E-state index contributed by atoms with van der Waals surface area (Å²) in [6.45, 7) is 3.99. The summed E-state index contributed by atoms with van der Waals surface area (Å²) < 4.78 is 15.5. The molecule has 41 heavy (non-hydrogen) atoms. The summed E-state index contributed by atoms with van der Waals surface area (Å²) in [6.07, 6.45) is 1.81. The fraction of sp³-hybridized carbons (Fsp3) is 0.167. The van der Waals surface area contributed by atoms with Gasteiger partial charge < -0.3 is 9.47 Å². The summed E-state index contributed by atoms with van der Waals surface area (Å²) >= 11 is 18.5. The number of halogens is 4. The minimum atomic E-state index is -0.782. The smallest absolute Gasteiger partial charge is 0.338 e. The number of benzene rings is 3. The maximum atomic E-state index is 14.0. The van der Waals surface area contributed by atoms with Gasteiger partial charge in [0.1, 0.15) is 18.4 Å². The summed E-state index contributed by atoms with van der Waals surface area (Å²) in [6, 6.07) is 17.9. The van der Waals surface area contributed by atoms with Crippen LogP contribution >= 0.6 is 79.7 Å². The molecule has 1 aromatic heterocycles. The van der Waals surface area contributed by atoms with Crippen LogP contribution in [0.2, 0.25) is 10.0 Å². The largest absolute Gasteiger partial charge is 0.487 e. The first-order valence-corrected chi connectivity index (χ1v) is 16.2. The molecule has 0 bridgehead atoms. The molecule has 11 heteroatoms. The number of fused-ring (bicyclic) bond motifs is 1. The van der Waals surface area contributed by atoms with E-state index in [-0.39, 0.29) is 17.7 Å². The van der Waals surface area contributed by atoms with Gasteiger partial charge in [0.15, 0.2) is 4.80 Å². The minimum Gasteiger partial charge on any atom is -0.487 e. The molecule has 0 N–H and O–H groups in total. The maximum absolute atomic E-state index is 14.0. The van der Waals surface area contributed by atoms with Crippen LogP contribution in [0, 0.1) is 7.14 Å². The van der Waals surface area contributed by atoms with Crippen LogP contribution < -0.4 is 19.6 Å². The zero-order valence-electron chi connectivity index (χ0n) is 21.8. The van der Waals surface area contributed by atoms with Crippen molar-refractivity contribution in [3.63, 3.8) is 0 Å². The summed E-state index contributed by atoms with van der Waals surface area (Å²) in [5.41, 5.74) is 2.78. The Morgan fingerprint density at radius 1 is 1.12 bits per heavy atom. The molecule has 0 saturated heterocycles. The number of allylic oxidation sites excluding steroid dienone is 1. The predicted octanol–water partition coefficient (Wildman–Crippen LogP) is 6.89. The molecule has 4 aromatic rings. The van der Waals surface area contributed by atoms with Crippen LogP contribution in [0.3, 0.4) is 0 Å². The van der Waals surface area contributed by atoms with E-state index in [1.165, 1.54) is 15.9 Å². The zero-order valence-corrected chi connectivity index (χ0v) is 28.4. The third kappa shape index (κ3) is 6.43. The van der Waals surface area contributed by atoms with E-state index in [9.17, 15) is 9.59 Å². The lowest BCUT2D eigenvalue weighted by Crippen LogP contribution is -2.40. The second-order valence-corrected chi connectivity index (χ2v) is 13.3. The highest BCUT2D eigenvalue weighted by Gasteiger charge is 2.34. The third-order valence-corrected chi connectivity index (χ3v) is 9.30. The molecule has 0 spiro atoms. The average molecular weight is 831 g/mol. The number of carbonyl (C=O) groups is 1. The van der Waals surface area contributed by atoms with Gasteiger partial charge >= 0.3 is 5.97 Å². The van der Waals surface area contributed by atoms with Gasteiger partial charge in [0.05, 0.1) is 26.0 Å². The number of thiazole rings is 1. The highest BCUT2D eigenvalue weighted by atomic mass is 127. The number of ether oxygens (including phenoxy) is 2. The molecule has 0 amide bonds.